The highest BCUT2D eigenvalue weighted by atomic mass is 35.5. The molecule has 0 bridgehead atoms. The van der Waals surface area contributed by atoms with Gasteiger partial charge in [0.05, 0.1) is 21.3 Å². The van der Waals surface area contributed by atoms with Gasteiger partial charge in [-0.15, -0.1) is 22.7 Å². The Bertz CT molecular complexity index is 980. The first-order chi connectivity index (χ1) is 12.1. The lowest BCUT2D eigenvalue weighted by Crippen LogP contribution is -2.15. The fraction of sp³-hybridized carbons (Fsp3) is 0.118. The highest BCUT2D eigenvalue weighted by molar-refractivity contribution is 7.23. The van der Waals surface area contributed by atoms with Gasteiger partial charge in [0.1, 0.15) is 5.01 Å². The van der Waals surface area contributed by atoms with E-state index in [1.165, 1.54) is 22.7 Å². The number of thiazole rings is 1. The van der Waals surface area contributed by atoms with Crippen LogP contribution in [0.5, 0.6) is 0 Å². The highest BCUT2D eigenvalue weighted by Gasteiger charge is 2.19. The van der Waals surface area contributed by atoms with Crippen molar-refractivity contribution in [1.82, 2.24) is 10.3 Å². The number of benzene rings is 1. The average Bonchev–Trinajstić information content (AvgIpc) is 3.29. The fourth-order valence-electron chi connectivity index (χ4n) is 2.59. The third-order valence-corrected chi connectivity index (χ3v) is 6.05. The molecule has 0 saturated carbocycles. The first-order valence-electron chi connectivity index (χ1n) is 7.49. The van der Waals surface area contributed by atoms with Gasteiger partial charge in [-0.3, -0.25) is 9.59 Å². The topological polar surface area (TPSA) is 71.1 Å². The number of carbonyl (C=O) groups is 2. The molecule has 0 aliphatic carbocycles. The van der Waals surface area contributed by atoms with Crippen LogP contribution in [0, 0.1) is 0 Å². The summed E-state index contributed by atoms with van der Waals surface area (Å²) in [7, 11) is 0. The molecule has 1 aliphatic rings. The van der Waals surface area contributed by atoms with E-state index in [1.807, 2.05) is 23.6 Å². The zero-order valence-electron chi connectivity index (χ0n) is 12.8. The van der Waals surface area contributed by atoms with E-state index in [4.69, 9.17) is 11.6 Å². The fourth-order valence-corrected chi connectivity index (χ4v) is 4.53. The van der Waals surface area contributed by atoms with Crippen molar-refractivity contribution in [2.75, 3.05) is 5.32 Å². The molecule has 3 heterocycles. The molecule has 3 aromatic rings. The van der Waals surface area contributed by atoms with E-state index >= 15 is 0 Å². The lowest BCUT2D eigenvalue weighted by atomic mass is 10.1. The number of hydrogen-bond acceptors (Lipinski definition) is 5. The summed E-state index contributed by atoms with van der Waals surface area (Å²) in [6, 6.07) is 9.11. The van der Waals surface area contributed by atoms with E-state index in [-0.39, 0.29) is 18.2 Å². The Labute approximate surface area is 156 Å². The molecule has 1 aromatic carbocycles. The van der Waals surface area contributed by atoms with Gasteiger partial charge in [-0.25, -0.2) is 4.98 Å². The van der Waals surface area contributed by atoms with E-state index in [9.17, 15) is 9.59 Å². The quantitative estimate of drug-likeness (QED) is 0.709. The average molecular weight is 390 g/mol. The number of nitrogens with zero attached hydrogens (tertiary/aromatic N) is 1. The van der Waals surface area contributed by atoms with Crippen LogP contribution in [0.3, 0.4) is 0 Å². The number of aromatic nitrogens is 1. The van der Waals surface area contributed by atoms with Crippen molar-refractivity contribution in [3.63, 3.8) is 0 Å². The molecular formula is C17H12ClN3O2S2. The van der Waals surface area contributed by atoms with Crippen LogP contribution >= 0.6 is 34.3 Å². The van der Waals surface area contributed by atoms with Crippen molar-refractivity contribution in [2.45, 2.75) is 13.0 Å². The zero-order valence-corrected chi connectivity index (χ0v) is 15.2. The second-order valence-electron chi connectivity index (χ2n) is 5.53. The Morgan fingerprint density at radius 1 is 1.32 bits per heavy atom. The van der Waals surface area contributed by atoms with E-state index in [2.05, 4.69) is 15.6 Å². The molecule has 2 aromatic heterocycles. The van der Waals surface area contributed by atoms with Crippen molar-refractivity contribution >= 4 is 51.8 Å². The first-order valence-corrected chi connectivity index (χ1v) is 9.57. The molecule has 0 atom stereocenters. The predicted octanol–water partition coefficient (Wildman–Crippen LogP) is 3.95. The summed E-state index contributed by atoms with van der Waals surface area (Å²) < 4.78 is 0.713. The highest BCUT2D eigenvalue weighted by Crippen LogP contribution is 2.33. The van der Waals surface area contributed by atoms with Crippen LogP contribution in [-0.2, 0) is 17.8 Å². The normalized spacial score (nSPS) is 12.8. The SMILES string of the molecule is O=C(Cc1csc(-c2ccc(Cl)s2)n1)Nc1ccc2c(c1)C(=O)NC2. The maximum absolute atomic E-state index is 12.2. The number of rotatable bonds is 4. The van der Waals surface area contributed by atoms with Gasteiger partial charge in [-0.05, 0) is 29.8 Å². The van der Waals surface area contributed by atoms with Crippen LogP contribution < -0.4 is 10.6 Å². The van der Waals surface area contributed by atoms with Crippen LogP contribution in [0.4, 0.5) is 5.69 Å². The smallest absolute Gasteiger partial charge is 0.251 e. The van der Waals surface area contributed by atoms with Gasteiger partial charge in [-0.1, -0.05) is 17.7 Å². The maximum Gasteiger partial charge on any atom is 0.251 e. The number of hydrogen-bond donors (Lipinski definition) is 2. The number of amides is 2. The molecule has 1 aliphatic heterocycles. The summed E-state index contributed by atoms with van der Waals surface area (Å²) in [5.41, 5.74) is 2.88. The molecule has 5 nitrogen and oxygen atoms in total. The van der Waals surface area contributed by atoms with E-state index in [0.717, 1.165) is 15.4 Å². The molecule has 0 saturated heterocycles. The third-order valence-electron chi connectivity index (χ3n) is 3.76. The molecular weight excluding hydrogens is 378 g/mol. The van der Waals surface area contributed by atoms with Crippen LogP contribution in [0.2, 0.25) is 4.34 Å². The number of thiophene rings is 1. The molecule has 0 spiro atoms. The van der Waals surface area contributed by atoms with E-state index in [1.54, 1.807) is 12.1 Å². The van der Waals surface area contributed by atoms with Gasteiger partial charge in [0.25, 0.3) is 5.91 Å². The Kier molecular flexibility index (Phi) is 4.29. The molecule has 2 amide bonds. The van der Waals surface area contributed by atoms with Crippen molar-refractivity contribution in [1.29, 1.82) is 0 Å². The van der Waals surface area contributed by atoms with Gasteiger partial charge in [0.15, 0.2) is 0 Å². The zero-order chi connectivity index (χ0) is 17.4. The number of nitrogens with one attached hydrogen (secondary N) is 2. The molecule has 8 heteroatoms. The molecule has 0 radical (unpaired) electrons. The Balaban J connectivity index is 1.44. The van der Waals surface area contributed by atoms with E-state index in [0.29, 0.717) is 27.8 Å². The third kappa shape index (κ3) is 3.44. The number of halogens is 1. The second kappa shape index (κ2) is 6.59. The summed E-state index contributed by atoms with van der Waals surface area (Å²) in [6.45, 7) is 0.538. The van der Waals surface area contributed by atoms with E-state index < -0.39 is 0 Å². The van der Waals surface area contributed by atoms with Gasteiger partial charge in [0.2, 0.25) is 5.91 Å². The predicted molar refractivity (Wildman–Crippen MR) is 100 cm³/mol. The Hall–Kier alpha value is -2.22. The standard InChI is InChI=1S/C17H12ClN3O2S2/c18-14-4-3-13(25-14)17-21-11(8-24-17)6-15(22)20-10-2-1-9-7-19-16(23)12(9)5-10/h1-5,8H,6-7H2,(H,19,23)(H,20,22). The van der Waals surface area contributed by atoms with Gasteiger partial charge < -0.3 is 10.6 Å². The summed E-state index contributed by atoms with van der Waals surface area (Å²) in [4.78, 5) is 29.4. The summed E-state index contributed by atoms with van der Waals surface area (Å²) >= 11 is 8.90. The minimum Gasteiger partial charge on any atom is -0.348 e. The van der Waals surface area contributed by atoms with Gasteiger partial charge in [-0.2, -0.15) is 0 Å². The van der Waals surface area contributed by atoms with Gasteiger partial charge in [0, 0.05) is 23.2 Å². The molecule has 0 fully saturated rings. The van der Waals surface area contributed by atoms with Crippen molar-refractivity contribution < 1.29 is 9.59 Å². The largest absolute Gasteiger partial charge is 0.348 e. The monoisotopic (exact) mass is 389 g/mol. The van der Waals surface area contributed by atoms with Crippen molar-refractivity contribution in [2.24, 2.45) is 0 Å². The maximum atomic E-state index is 12.2. The molecule has 2 N–H and O–H groups in total. The van der Waals surface area contributed by atoms with Crippen LogP contribution in [0.25, 0.3) is 9.88 Å². The second-order valence-corrected chi connectivity index (χ2v) is 8.10. The molecule has 0 unspecified atom stereocenters. The number of carbonyl (C=O) groups excluding carboxylic acids is 2. The number of anilines is 1. The first kappa shape index (κ1) is 16.3. The molecule has 25 heavy (non-hydrogen) atoms. The lowest BCUT2D eigenvalue weighted by Gasteiger charge is -2.05. The van der Waals surface area contributed by atoms with Crippen molar-refractivity contribution in [3.05, 3.63) is 56.9 Å². The summed E-state index contributed by atoms with van der Waals surface area (Å²) in [5.74, 6) is -0.274. The minimum absolute atomic E-state index is 0.107. The Morgan fingerprint density at radius 2 is 2.20 bits per heavy atom. The Morgan fingerprint density at radius 3 is 3.00 bits per heavy atom. The summed E-state index contributed by atoms with van der Waals surface area (Å²) in [5, 5.41) is 8.31. The minimum atomic E-state index is -0.167. The summed E-state index contributed by atoms with van der Waals surface area (Å²) in [6.07, 6.45) is 0.179. The molecule has 126 valence electrons. The van der Waals surface area contributed by atoms with Crippen LogP contribution in [-0.4, -0.2) is 16.8 Å². The molecule has 4 rings (SSSR count). The lowest BCUT2D eigenvalue weighted by molar-refractivity contribution is -0.115. The van der Waals surface area contributed by atoms with Gasteiger partial charge >= 0.3 is 0 Å². The van der Waals surface area contributed by atoms with Crippen molar-refractivity contribution in [3.8, 4) is 9.88 Å². The van der Waals surface area contributed by atoms with Crippen LogP contribution in [0.15, 0.2) is 35.7 Å². The number of fused-ring (bicyclic) bond motifs is 1. The van der Waals surface area contributed by atoms with Crippen LogP contribution in [0.1, 0.15) is 21.6 Å².